The van der Waals surface area contributed by atoms with E-state index in [0.717, 1.165) is 22.4 Å². The van der Waals surface area contributed by atoms with Gasteiger partial charge in [-0.1, -0.05) is 47.6 Å². The summed E-state index contributed by atoms with van der Waals surface area (Å²) < 4.78 is 11.0. The van der Waals surface area contributed by atoms with E-state index in [2.05, 4.69) is 15.5 Å². The Kier molecular flexibility index (Phi) is 5.62. The number of ether oxygens (including phenoxy) is 1. The maximum Gasteiger partial charge on any atom is 0.273 e. The van der Waals surface area contributed by atoms with Crippen molar-refractivity contribution in [3.63, 3.8) is 0 Å². The van der Waals surface area contributed by atoms with Crippen LogP contribution in [0.25, 0.3) is 11.3 Å². The highest BCUT2D eigenvalue weighted by Gasteiger charge is 2.13. The molecule has 1 N–H and O–H groups in total. The molecule has 0 unspecified atom stereocenters. The van der Waals surface area contributed by atoms with E-state index in [-0.39, 0.29) is 11.6 Å². The molecular weight excluding hydrogens is 366 g/mol. The molecule has 2 aromatic heterocycles. The summed E-state index contributed by atoms with van der Waals surface area (Å²) in [6.07, 6.45) is 3.33. The normalized spacial score (nSPS) is 10.5. The summed E-state index contributed by atoms with van der Waals surface area (Å²) in [4.78, 5) is 16.4. The molecule has 0 bridgehead atoms. The summed E-state index contributed by atoms with van der Waals surface area (Å²) in [7, 11) is 0. The van der Waals surface area contributed by atoms with Crippen molar-refractivity contribution in [1.82, 2.24) is 15.5 Å². The quantitative estimate of drug-likeness (QED) is 0.515. The van der Waals surface area contributed by atoms with E-state index in [0.29, 0.717) is 18.9 Å². The van der Waals surface area contributed by atoms with Crippen molar-refractivity contribution in [3.05, 3.63) is 102 Å². The molecule has 2 heterocycles. The number of amides is 1. The molecule has 0 saturated carbocycles. The molecule has 6 heteroatoms. The number of carbonyl (C=O) groups excluding carboxylic acids is 1. The van der Waals surface area contributed by atoms with Gasteiger partial charge in [-0.3, -0.25) is 9.78 Å². The first-order valence-electron chi connectivity index (χ1n) is 9.19. The van der Waals surface area contributed by atoms with Crippen LogP contribution in [0.1, 0.15) is 21.6 Å². The van der Waals surface area contributed by atoms with Gasteiger partial charge < -0.3 is 14.6 Å². The van der Waals surface area contributed by atoms with Crippen LogP contribution in [0.2, 0.25) is 0 Å². The fourth-order valence-corrected chi connectivity index (χ4v) is 2.74. The largest absolute Gasteiger partial charge is 0.489 e. The first kappa shape index (κ1) is 18.4. The second kappa shape index (κ2) is 8.84. The number of rotatable bonds is 7. The van der Waals surface area contributed by atoms with Gasteiger partial charge in [-0.25, -0.2) is 0 Å². The van der Waals surface area contributed by atoms with E-state index in [1.165, 1.54) is 0 Å². The van der Waals surface area contributed by atoms with Gasteiger partial charge in [0.1, 0.15) is 12.4 Å². The summed E-state index contributed by atoms with van der Waals surface area (Å²) in [5.41, 5.74) is 3.04. The summed E-state index contributed by atoms with van der Waals surface area (Å²) in [5, 5.41) is 6.69. The van der Waals surface area contributed by atoms with Crippen LogP contribution in [-0.4, -0.2) is 16.0 Å². The van der Waals surface area contributed by atoms with Gasteiger partial charge in [0.05, 0.1) is 0 Å². The third-order valence-electron chi connectivity index (χ3n) is 4.31. The molecule has 6 nitrogen and oxygen atoms in total. The van der Waals surface area contributed by atoms with Crippen molar-refractivity contribution in [2.75, 3.05) is 0 Å². The Hall–Kier alpha value is -3.93. The standard InChI is InChI=1S/C23H19N3O3/c27-23(21-13-22(29-26-21)19-5-4-12-24-15-19)25-14-17-8-10-18(11-9-17)16-28-20-6-2-1-3-7-20/h1-13,15H,14,16H2,(H,25,27). The van der Waals surface area contributed by atoms with E-state index >= 15 is 0 Å². The number of aromatic nitrogens is 2. The summed E-state index contributed by atoms with van der Waals surface area (Å²) in [6.45, 7) is 0.889. The highest BCUT2D eigenvalue weighted by Crippen LogP contribution is 2.19. The van der Waals surface area contributed by atoms with Crippen LogP contribution < -0.4 is 10.1 Å². The summed E-state index contributed by atoms with van der Waals surface area (Å²) >= 11 is 0. The minimum absolute atomic E-state index is 0.233. The molecule has 29 heavy (non-hydrogen) atoms. The Morgan fingerprint density at radius 3 is 2.52 bits per heavy atom. The van der Waals surface area contributed by atoms with Gasteiger partial charge in [0.2, 0.25) is 0 Å². The highest BCUT2D eigenvalue weighted by molar-refractivity contribution is 5.93. The van der Waals surface area contributed by atoms with Crippen LogP contribution in [0.15, 0.2) is 89.7 Å². The second-order valence-corrected chi connectivity index (χ2v) is 6.42. The average Bonchev–Trinajstić information content (AvgIpc) is 3.29. The van der Waals surface area contributed by atoms with Crippen LogP contribution >= 0.6 is 0 Å². The zero-order chi connectivity index (χ0) is 19.9. The van der Waals surface area contributed by atoms with E-state index in [1.807, 2.05) is 60.7 Å². The lowest BCUT2D eigenvalue weighted by atomic mass is 10.1. The predicted molar refractivity (Wildman–Crippen MR) is 108 cm³/mol. The van der Waals surface area contributed by atoms with Crippen LogP contribution in [0.4, 0.5) is 0 Å². The summed E-state index contributed by atoms with van der Waals surface area (Å²) in [5.74, 6) is 1.05. The molecule has 0 aliphatic carbocycles. The maximum atomic E-state index is 12.3. The number of carbonyl (C=O) groups is 1. The third kappa shape index (κ3) is 4.87. The highest BCUT2D eigenvalue weighted by atomic mass is 16.5. The Morgan fingerprint density at radius 2 is 1.76 bits per heavy atom. The molecule has 144 valence electrons. The molecular formula is C23H19N3O3. The van der Waals surface area contributed by atoms with Crippen LogP contribution in [-0.2, 0) is 13.2 Å². The van der Waals surface area contributed by atoms with Crippen LogP contribution in [0, 0.1) is 0 Å². The molecule has 0 aliphatic heterocycles. The van der Waals surface area contributed by atoms with Crippen molar-refractivity contribution >= 4 is 5.91 Å². The van der Waals surface area contributed by atoms with Crippen molar-refractivity contribution in [2.45, 2.75) is 13.2 Å². The number of nitrogens with one attached hydrogen (secondary N) is 1. The molecule has 1 amide bonds. The van der Waals surface area contributed by atoms with E-state index in [1.54, 1.807) is 24.5 Å². The fourth-order valence-electron chi connectivity index (χ4n) is 2.74. The van der Waals surface area contributed by atoms with Crippen LogP contribution in [0.5, 0.6) is 5.75 Å². The lowest BCUT2D eigenvalue weighted by Crippen LogP contribution is -2.23. The smallest absolute Gasteiger partial charge is 0.273 e. The minimum Gasteiger partial charge on any atom is -0.489 e. The Labute approximate surface area is 168 Å². The Morgan fingerprint density at radius 1 is 0.966 bits per heavy atom. The van der Waals surface area contributed by atoms with Gasteiger partial charge in [0.15, 0.2) is 11.5 Å². The number of benzene rings is 2. The molecule has 0 spiro atoms. The number of pyridine rings is 1. The van der Waals surface area contributed by atoms with E-state index in [4.69, 9.17) is 9.26 Å². The lowest BCUT2D eigenvalue weighted by molar-refractivity contribution is 0.0942. The lowest BCUT2D eigenvalue weighted by Gasteiger charge is -2.07. The zero-order valence-electron chi connectivity index (χ0n) is 15.6. The number of hydrogen-bond donors (Lipinski definition) is 1. The number of para-hydroxylation sites is 1. The van der Waals surface area contributed by atoms with Crippen molar-refractivity contribution < 1.29 is 14.1 Å². The Balaban J connectivity index is 1.30. The predicted octanol–water partition coefficient (Wildman–Crippen LogP) is 4.25. The number of hydrogen-bond acceptors (Lipinski definition) is 5. The van der Waals surface area contributed by atoms with Gasteiger partial charge in [0, 0.05) is 30.6 Å². The van der Waals surface area contributed by atoms with Crippen LogP contribution in [0.3, 0.4) is 0 Å². The fraction of sp³-hybridized carbons (Fsp3) is 0.0870. The molecule has 0 aliphatic rings. The van der Waals surface area contributed by atoms with Crippen molar-refractivity contribution in [3.8, 4) is 17.1 Å². The molecule has 0 atom stereocenters. The zero-order valence-corrected chi connectivity index (χ0v) is 15.6. The molecule has 0 saturated heterocycles. The van der Waals surface area contributed by atoms with Gasteiger partial charge in [-0.05, 0) is 35.4 Å². The SMILES string of the molecule is O=C(NCc1ccc(COc2ccccc2)cc1)c1cc(-c2cccnc2)on1. The molecule has 4 aromatic rings. The average molecular weight is 385 g/mol. The van der Waals surface area contributed by atoms with Crippen molar-refractivity contribution in [2.24, 2.45) is 0 Å². The molecule has 4 rings (SSSR count). The topological polar surface area (TPSA) is 77.2 Å². The summed E-state index contributed by atoms with van der Waals surface area (Å²) in [6, 6.07) is 22.8. The third-order valence-corrected chi connectivity index (χ3v) is 4.31. The van der Waals surface area contributed by atoms with E-state index < -0.39 is 0 Å². The maximum absolute atomic E-state index is 12.3. The number of nitrogens with zero attached hydrogens (tertiary/aromatic N) is 2. The molecule has 0 fully saturated rings. The van der Waals surface area contributed by atoms with E-state index in [9.17, 15) is 4.79 Å². The first-order valence-corrected chi connectivity index (χ1v) is 9.19. The minimum atomic E-state index is -0.291. The molecule has 0 radical (unpaired) electrons. The molecule has 2 aromatic carbocycles. The van der Waals surface area contributed by atoms with Gasteiger partial charge in [-0.15, -0.1) is 0 Å². The van der Waals surface area contributed by atoms with Gasteiger partial charge in [-0.2, -0.15) is 0 Å². The second-order valence-electron chi connectivity index (χ2n) is 6.42. The monoisotopic (exact) mass is 385 g/mol. The van der Waals surface area contributed by atoms with Gasteiger partial charge >= 0.3 is 0 Å². The Bertz CT molecular complexity index is 1060. The first-order chi connectivity index (χ1) is 14.3. The van der Waals surface area contributed by atoms with Gasteiger partial charge in [0.25, 0.3) is 5.91 Å². The van der Waals surface area contributed by atoms with Crippen molar-refractivity contribution in [1.29, 1.82) is 0 Å².